The fourth-order valence-corrected chi connectivity index (χ4v) is 1.81. The summed E-state index contributed by atoms with van der Waals surface area (Å²) in [7, 11) is 0. The van der Waals surface area contributed by atoms with Gasteiger partial charge in [-0.05, 0) is 31.1 Å². The molecule has 0 spiro atoms. The van der Waals surface area contributed by atoms with Gasteiger partial charge < -0.3 is 15.7 Å². The monoisotopic (exact) mass is 272 g/mol. The van der Waals surface area contributed by atoms with Crippen molar-refractivity contribution in [3.63, 3.8) is 0 Å². The Kier molecular flexibility index (Phi) is 8.19. The van der Waals surface area contributed by atoms with Crippen molar-refractivity contribution in [3.05, 3.63) is 0 Å². The highest BCUT2D eigenvalue weighted by atomic mass is 16.4. The Morgan fingerprint density at radius 2 is 1.68 bits per heavy atom. The van der Waals surface area contributed by atoms with Gasteiger partial charge in [0, 0.05) is 19.0 Å². The number of carboxylic acids is 1. The summed E-state index contributed by atoms with van der Waals surface area (Å²) >= 11 is 0. The minimum atomic E-state index is -0.816. The molecule has 2 amide bonds. The van der Waals surface area contributed by atoms with Gasteiger partial charge in [0.15, 0.2) is 0 Å². The molecule has 0 aliphatic heterocycles. The van der Waals surface area contributed by atoms with E-state index in [1.165, 1.54) is 0 Å². The van der Waals surface area contributed by atoms with Crippen LogP contribution < -0.4 is 10.6 Å². The van der Waals surface area contributed by atoms with Gasteiger partial charge in [0.25, 0.3) is 0 Å². The Bertz CT molecular complexity index is 290. The third-order valence-electron chi connectivity index (χ3n) is 3.18. The fourth-order valence-electron chi connectivity index (χ4n) is 1.81. The Morgan fingerprint density at radius 3 is 2.11 bits per heavy atom. The molecule has 1 unspecified atom stereocenters. The van der Waals surface area contributed by atoms with Gasteiger partial charge in [0.1, 0.15) is 0 Å². The van der Waals surface area contributed by atoms with E-state index >= 15 is 0 Å². The summed E-state index contributed by atoms with van der Waals surface area (Å²) in [4.78, 5) is 22.4. The Morgan fingerprint density at radius 1 is 1.11 bits per heavy atom. The van der Waals surface area contributed by atoms with Gasteiger partial charge >= 0.3 is 12.0 Å². The second kappa shape index (κ2) is 8.77. The first-order valence-corrected chi connectivity index (χ1v) is 6.98. The maximum absolute atomic E-state index is 11.7. The lowest BCUT2D eigenvalue weighted by molar-refractivity contribution is -0.138. The molecule has 0 saturated carbocycles. The smallest absolute Gasteiger partial charge is 0.315 e. The molecule has 5 nitrogen and oxygen atoms in total. The van der Waals surface area contributed by atoms with Crippen molar-refractivity contribution in [2.75, 3.05) is 6.54 Å². The number of hydrogen-bond donors (Lipinski definition) is 3. The normalized spacial score (nSPS) is 14.3. The van der Waals surface area contributed by atoms with Gasteiger partial charge in [-0.25, -0.2) is 4.79 Å². The van der Waals surface area contributed by atoms with Crippen LogP contribution in [0.25, 0.3) is 0 Å². The van der Waals surface area contributed by atoms with Crippen LogP contribution in [0.2, 0.25) is 0 Å². The van der Waals surface area contributed by atoms with Crippen LogP contribution in [0.15, 0.2) is 0 Å². The zero-order valence-electron chi connectivity index (χ0n) is 12.7. The summed E-state index contributed by atoms with van der Waals surface area (Å²) in [5.74, 6) is -0.0407. The first-order chi connectivity index (χ1) is 8.72. The second-order valence-electron chi connectivity index (χ2n) is 5.98. The molecule has 0 heterocycles. The van der Waals surface area contributed by atoms with Gasteiger partial charge in [0.2, 0.25) is 0 Å². The van der Waals surface area contributed by atoms with Gasteiger partial charge in [-0.3, -0.25) is 4.79 Å². The lowest BCUT2D eigenvalue weighted by Crippen LogP contribution is -2.44. The largest absolute Gasteiger partial charge is 0.481 e. The number of rotatable bonds is 8. The molecule has 0 aliphatic carbocycles. The van der Waals surface area contributed by atoms with Crippen molar-refractivity contribution in [1.29, 1.82) is 0 Å². The van der Waals surface area contributed by atoms with Crippen LogP contribution in [-0.4, -0.2) is 29.7 Å². The average Bonchev–Trinajstić information content (AvgIpc) is 2.24. The number of aliphatic carboxylic acids is 1. The molecule has 112 valence electrons. The molecule has 0 saturated heterocycles. The van der Waals surface area contributed by atoms with E-state index in [1.807, 2.05) is 20.8 Å². The zero-order valence-corrected chi connectivity index (χ0v) is 12.7. The quantitative estimate of drug-likeness (QED) is 0.635. The molecule has 2 atom stereocenters. The highest BCUT2D eigenvalue weighted by molar-refractivity contribution is 5.74. The van der Waals surface area contributed by atoms with Gasteiger partial charge in [-0.1, -0.05) is 27.7 Å². The molecule has 0 radical (unpaired) electrons. The topological polar surface area (TPSA) is 78.4 Å². The number of carbonyl (C=O) groups is 2. The van der Waals surface area contributed by atoms with Crippen molar-refractivity contribution in [2.24, 2.45) is 17.8 Å². The summed E-state index contributed by atoms with van der Waals surface area (Å²) in [6, 6.07) is -0.122. The molecule has 0 aromatic rings. The van der Waals surface area contributed by atoms with Crippen molar-refractivity contribution >= 4 is 12.0 Å². The predicted molar refractivity (Wildman–Crippen MR) is 76.0 cm³/mol. The molecule has 0 rings (SSSR count). The van der Waals surface area contributed by atoms with E-state index in [0.29, 0.717) is 18.4 Å². The summed E-state index contributed by atoms with van der Waals surface area (Å²) in [6.07, 6.45) is 0.893. The highest BCUT2D eigenvalue weighted by Gasteiger charge is 2.17. The molecular weight excluding hydrogens is 244 g/mol. The first kappa shape index (κ1) is 17.7. The van der Waals surface area contributed by atoms with E-state index in [9.17, 15) is 9.59 Å². The van der Waals surface area contributed by atoms with Crippen LogP contribution in [0.5, 0.6) is 0 Å². The maximum Gasteiger partial charge on any atom is 0.315 e. The zero-order chi connectivity index (χ0) is 15.0. The van der Waals surface area contributed by atoms with Crippen LogP contribution in [0.4, 0.5) is 4.79 Å². The number of carboxylic acid groups (broad SMARTS) is 1. The van der Waals surface area contributed by atoms with Crippen LogP contribution in [0.1, 0.15) is 47.5 Å². The van der Waals surface area contributed by atoms with Crippen molar-refractivity contribution in [2.45, 2.75) is 53.5 Å². The van der Waals surface area contributed by atoms with Crippen LogP contribution in [0.3, 0.4) is 0 Å². The molecule has 0 aromatic heterocycles. The van der Waals surface area contributed by atoms with E-state index in [1.54, 1.807) is 0 Å². The number of carbonyl (C=O) groups excluding carboxylic acids is 1. The Balaban J connectivity index is 4.15. The van der Waals surface area contributed by atoms with Crippen molar-refractivity contribution in [1.82, 2.24) is 10.6 Å². The molecule has 0 bridgehead atoms. The number of nitrogens with one attached hydrogen (secondary N) is 2. The number of urea groups is 1. The standard InChI is InChI=1S/C14H28N2O3/c1-9(2)6-12(7-13(17)18)8-15-14(19)16-11(5)10(3)4/h9-12H,6-8H2,1-5H3,(H,17,18)(H2,15,16,19)/t11?,12-/m0/s1. The molecular formula is C14H28N2O3. The second-order valence-corrected chi connectivity index (χ2v) is 5.98. The SMILES string of the molecule is CC(C)C[C@H](CNC(=O)NC(C)C(C)C)CC(=O)O. The molecule has 0 aromatic carbocycles. The van der Waals surface area contributed by atoms with Crippen LogP contribution in [-0.2, 0) is 4.79 Å². The average molecular weight is 272 g/mol. The third-order valence-corrected chi connectivity index (χ3v) is 3.18. The molecule has 5 heteroatoms. The molecule has 3 N–H and O–H groups in total. The summed E-state index contributed by atoms with van der Waals surface area (Å²) in [5.41, 5.74) is 0. The van der Waals surface area contributed by atoms with Crippen molar-refractivity contribution in [3.8, 4) is 0 Å². The lowest BCUT2D eigenvalue weighted by Gasteiger charge is -2.21. The Labute approximate surface area is 116 Å². The maximum atomic E-state index is 11.7. The van der Waals surface area contributed by atoms with Crippen molar-refractivity contribution < 1.29 is 14.7 Å². The number of amides is 2. The van der Waals surface area contributed by atoms with E-state index in [0.717, 1.165) is 6.42 Å². The van der Waals surface area contributed by atoms with E-state index in [-0.39, 0.29) is 24.4 Å². The summed E-state index contributed by atoms with van der Waals surface area (Å²) in [6.45, 7) is 10.5. The molecule has 0 fully saturated rings. The molecule has 0 aliphatic rings. The van der Waals surface area contributed by atoms with Gasteiger partial charge in [-0.2, -0.15) is 0 Å². The minimum absolute atomic E-state index is 0.0161. The predicted octanol–water partition coefficient (Wildman–Crippen LogP) is 2.47. The lowest BCUT2D eigenvalue weighted by atomic mass is 9.94. The fraction of sp³-hybridized carbons (Fsp3) is 0.857. The summed E-state index contributed by atoms with van der Waals surface area (Å²) in [5, 5.41) is 14.5. The van der Waals surface area contributed by atoms with Gasteiger partial charge in [-0.15, -0.1) is 0 Å². The van der Waals surface area contributed by atoms with Gasteiger partial charge in [0.05, 0.1) is 0 Å². The first-order valence-electron chi connectivity index (χ1n) is 6.98. The summed E-state index contributed by atoms with van der Waals surface area (Å²) < 4.78 is 0. The minimum Gasteiger partial charge on any atom is -0.481 e. The Hall–Kier alpha value is -1.26. The van der Waals surface area contributed by atoms with E-state index in [2.05, 4.69) is 24.5 Å². The molecule has 19 heavy (non-hydrogen) atoms. The highest BCUT2D eigenvalue weighted by Crippen LogP contribution is 2.14. The van der Waals surface area contributed by atoms with E-state index in [4.69, 9.17) is 5.11 Å². The van der Waals surface area contributed by atoms with Crippen LogP contribution >= 0.6 is 0 Å². The third kappa shape index (κ3) is 9.33. The number of hydrogen-bond acceptors (Lipinski definition) is 2. The van der Waals surface area contributed by atoms with Crippen LogP contribution in [0, 0.1) is 17.8 Å². The van der Waals surface area contributed by atoms with E-state index < -0.39 is 5.97 Å².